The van der Waals surface area contributed by atoms with Crippen molar-refractivity contribution in [3.05, 3.63) is 29.3 Å². The van der Waals surface area contributed by atoms with E-state index >= 15 is 0 Å². The molecule has 0 N–H and O–H groups in total. The van der Waals surface area contributed by atoms with Gasteiger partial charge in [-0.05, 0) is 43.7 Å². The van der Waals surface area contributed by atoms with Gasteiger partial charge in [0.1, 0.15) is 0 Å². The van der Waals surface area contributed by atoms with Gasteiger partial charge in [-0.1, -0.05) is 32.8 Å². The molecule has 0 aliphatic carbocycles. The van der Waals surface area contributed by atoms with Crippen molar-refractivity contribution in [2.45, 2.75) is 46.5 Å². The van der Waals surface area contributed by atoms with Gasteiger partial charge in [0, 0.05) is 25.1 Å². The van der Waals surface area contributed by atoms with Crippen LogP contribution in [0.4, 0.5) is 0 Å². The second-order valence-electron chi connectivity index (χ2n) is 6.41. The topological polar surface area (TPSA) is 38.8 Å². The number of benzene rings is 1. The molecule has 1 aliphatic rings. The Morgan fingerprint density at radius 2 is 1.96 bits per heavy atom. The number of Topliss-reactive ketones (excluding diaryl/α,β-unsaturated/α-hetero) is 1. The number of carbonyl (C=O) groups excluding carboxylic acids is 1. The zero-order chi connectivity index (χ0) is 18.1. The molecule has 1 aliphatic heterocycles. The summed E-state index contributed by atoms with van der Waals surface area (Å²) in [5, 5.41) is 0. The van der Waals surface area contributed by atoms with Crippen molar-refractivity contribution in [1.82, 2.24) is 4.90 Å². The monoisotopic (exact) mass is 345 g/mol. The fraction of sp³-hybridized carbons (Fsp3) is 0.571. The van der Waals surface area contributed by atoms with Gasteiger partial charge in [0.2, 0.25) is 0 Å². The van der Waals surface area contributed by atoms with Crippen LogP contribution in [-0.2, 0) is 4.79 Å². The average Bonchev–Trinajstić information content (AvgIpc) is 2.62. The Kier molecular flexibility index (Phi) is 7.99. The van der Waals surface area contributed by atoms with Crippen LogP contribution in [0, 0.1) is 0 Å². The third kappa shape index (κ3) is 5.89. The van der Waals surface area contributed by atoms with Crippen molar-refractivity contribution >= 4 is 11.9 Å². The normalized spacial score (nSPS) is 17.1. The van der Waals surface area contributed by atoms with Crippen LogP contribution in [0.15, 0.2) is 23.8 Å². The molecule has 1 fully saturated rings. The third-order valence-corrected chi connectivity index (χ3v) is 4.47. The molecule has 1 saturated heterocycles. The summed E-state index contributed by atoms with van der Waals surface area (Å²) in [6.07, 6.45) is 6.00. The number of piperidine rings is 1. The molecule has 0 amide bonds. The van der Waals surface area contributed by atoms with E-state index in [2.05, 4.69) is 18.7 Å². The van der Waals surface area contributed by atoms with Crippen molar-refractivity contribution in [1.29, 1.82) is 0 Å². The van der Waals surface area contributed by atoms with Gasteiger partial charge in [0.15, 0.2) is 17.3 Å². The lowest BCUT2D eigenvalue weighted by Crippen LogP contribution is -2.35. The minimum atomic E-state index is 0.252. The quantitative estimate of drug-likeness (QED) is 0.493. The molecule has 0 radical (unpaired) electrons. The van der Waals surface area contributed by atoms with E-state index in [9.17, 15) is 4.79 Å². The van der Waals surface area contributed by atoms with Crippen LogP contribution < -0.4 is 9.47 Å². The minimum Gasteiger partial charge on any atom is -0.490 e. The predicted molar refractivity (Wildman–Crippen MR) is 102 cm³/mol. The van der Waals surface area contributed by atoms with Crippen molar-refractivity contribution in [3.63, 3.8) is 0 Å². The molecule has 0 bridgehead atoms. The van der Waals surface area contributed by atoms with Gasteiger partial charge in [-0.15, -0.1) is 0 Å². The molecule has 0 unspecified atom stereocenters. The summed E-state index contributed by atoms with van der Waals surface area (Å²) in [5.74, 6) is 1.79. The number of hydrogen-bond donors (Lipinski definition) is 0. The van der Waals surface area contributed by atoms with Crippen LogP contribution in [0.25, 0.3) is 6.08 Å². The fourth-order valence-corrected chi connectivity index (χ4v) is 2.96. The largest absolute Gasteiger partial charge is 0.490 e. The second-order valence-corrected chi connectivity index (χ2v) is 6.41. The van der Waals surface area contributed by atoms with Gasteiger partial charge in [-0.25, -0.2) is 0 Å². The third-order valence-electron chi connectivity index (χ3n) is 4.47. The van der Waals surface area contributed by atoms with E-state index in [1.807, 2.05) is 31.2 Å². The zero-order valence-corrected chi connectivity index (χ0v) is 15.8. The highest BCUT2D eigenvalue weighted by atomic mass is 16.5. The maximum Gasteiger partial charge on any atom is 0.161 e. The Morgan fingerprint density at radius 1 is 1.12 bits per heavy atom. The molecular weight excluding hydrogens is 314 g/mol. The van der Waals surface area contributed by atoms with Crippen molar-refractivity contribution in [3.8, 4) is 11.5 Å². The van der Waals surface area contributed by atoms with Crippen LogP contribution >= 0.6 is 0 Å². The van der Waals surface area contributed by atoms with Gasteiger partial charge < -0.3 is 9.47 Å². The molecule has 0 spiro atoms. The lowest BCUT2D eigenvalue weighted by Gasteiger charge is -2.26. The Morgan fingerprint density at radius 3 is 2.68 bits per heavy atom. The van der Waals surface area contributed by atoms with E-state index in [4.69, 9.17) is 9.47 Å². The smallest absolute Gasteiger partial charge is 0.161 e. The molecule has 1 heterocycles. The number of nitrogens with zero attached hydrogens (tertiary/aromatic N) is 1. The second kappa shape index (κ2) is 10.2. The van der Waals surface area contributed by atoms with Gasteiger partial charge >= 0.3 is 0 Å². The first kappa shape index (κ1) is 19.5. The number of likely N-dealkylation sites (tertiary alicyclic amines) is 1. The predicted octanol–water partition coefficient (Wildman–Crippen LogP) is 4.33. The van der Waals surface area contributed by atoms with Crippen molar-refractivity contribution < 1.29 is 14.3 Å². The number of rotatable bonds is 9. The molecule has 0 saturated carbocycles. The van der Waals surface area contributed by atoms with Gasteiger partial charge in [-0.2, -0.15) is 0 Å². The molecule has 2 rings (SSSR count). The van der Waals surface area contributed by atoms with Crippen molar-refractivity contribution in [2.24, 2.45) is 0 Å². The van der Waals surface area contributed by atoms with E-state index in [0.29, 0.717) is 19.6 Å². The van der Waals surface area contributed by atoms with Crippen LogP contribution in [0.2, 0.25) is 0 Å². The molecule has 138 valence electrons. The van der Waals surface area contributed by atoms with E-state index in [0.717, 1.165) is 48.7 Å². The number of unbranched alkanes of at least 4 members (excludes halogenated alkanes) is 2. The highest BCUT2D eigenvalue weighted by Gasteiger charge is 2.20. The van der Waals surface area contributed by atoms with Crippen LogP contribution in [0.5, 0.6) is 11.5 Å². The summed E-state index contributed by atoms with van der Waals surface area (Å²) in [4.78, 5) is 14.5. The minimum absolute atomic E-state index is 0.252. The summed E-state index contributed by atoms with van der Waals surface area (Å²) < 4.78 is 11.6. The maximum atomic E-state index is 12.2. The van der Waals surface area contributed by atoms with E-state index < -0.39 is 0 Å². The molecule has 25 heavy (non-hydrogen) atoms. The van der Waals surface area contributed by atoms with E-state index in [1.54, 1.807) is 0 Å². The van der Waals surface area contributed by atoms with E-state index in [1.165, 1.54) is 12.8 Å². The van der Waals surface area contributed by atoms with E-state index in [-0.39, 0.29) is 5.78 Å². The molecule has 0 atom stereocenters. The average molecular weight is 345 g/mol. The Hall–Kier alpha value is -1.81. The van der Waals surface area contributed by atoms with Crippen LogP contribution in [0.3, 0.4) is 0 Å². The summed E-state index contributed by atoms with van der Waals surface area (Å²) in [6, 6.07) is 5.93. The maximum absolute atomic E-state index is 12.2. The van der Waals surface area contributed by atoms with Crippen LogP contribution in [-0.4, -0.2) is 43.5 Å². The first-order chi connectivity index (χ1) is 12.2. The standard InChI is InChI=1S/C21H31NO3/c1-4-7-8-13-25-20-10-9-17(15-21(20)24-6-3)14-18-16-22(5-2)12-11-19(18)23/h9-10,14-15H,4-8,11-13,16H2,1-3H3/b18-14+. The molecular formula is C21H31NO3. The highest BCUT2D eigenvalue weighted by molar-refractivity contribution is 6.00. The number of ether oxygens (including phenoxy) is 2. The Bertz CT molecular complexity index is 595. The molecule has 4 nitrogen and oxygen atoms in total. The summed E-state index contributed by atoms with van der Waals surface area (Å²) in [6.45, 7) is 10.1. The lowest BCUT2D eigenvalue weighted by molar-refractivity contribution is -0.117. The zero-order valence-electron chi connectivity index (χ0n) is 15.8. The molecule has 1 aromatic carbocycles. The number of hydrogen-bond acceptors (Lipinski definition) is 4. The lowest BCUT2D eigenvalue weighted by atomic mass is 10.0. The van der Waals surface area contributed by atoms with Crippen LogP contribution in [0.1, 0.15) is 52.0 Å². The SMILES string of the molecule is CCCCCOc1ccc(/C=C2\CN(CC)CCC2=O)cc1OCC. The summed E-state index contributed by atoms with van der Waals surface area (Å²) in [7, 11) is 0. The van der Waals surface area contributed by atoms with Gasteiger partial charge in [0.05, 0.1) is 13.2 Å². The molecule has 4 heteroatoms. The molecule has 1 aromatic rings. The Labute approximate surface area is 151 Å². The summed E-state index contributed by atoms with van der Waals surface area (Å²) in [5.41, 5.74) is 1.87. The highest BCUT2D eigenvalue weighted by Crippen LogP contribution is 2.30. The van der Waals surface area contributed by atoms with Gasteiger partial charge in [-0.3, -0.25) is 9.69 Å². The number of carbonyl (C=O) groups is 1. The van der Waals surface area contributed by atoms with Crippen molar-refractivity contribution in [2.75, 3.05) is 32.8 Å². The number of likely N-dealkylation sites (N-methyl/N-ethyl adjacent to an activating group) is 1. The number of ketones is 1. The van der Waals surface area contributed by atoms with Gasteiger partial charge in [0.25, 0.3) is 0 Å². The first-order valence-electron chi connectivity index (χ1n) is 9.53. The molecule has 0 aromatic heterocycles. The fourth-order valence-electron chi connectivity index (χ4n) is 2.96. The summed E-state index contributed by atoms with van der Waals surface area (Å²) >= 11 is 0. The Balaban J connectivity index is 2.14. The first-order valence-corrected chi connectivity index (χ1v) is 9.53.